The lowest BCUT2D eigenvalue weighted by atomic mass is 9.75. The number of rotatable bonds is 3. The van der Waals surface area contributed by atoms with E-state index in [0.29, 0.717) is 12.5 Å². The Labute approximate surface area is 190 Å². The second-order valence-corrected chi connectivity index (χ2v) is 8.88. The normalized spacial score (nSPS) is 24.0. The summed E-state index contributed by atoms with van der Waals surface area (Å²) in [6.07, 6.45) is 5.51. The lowest BCUT2D eigenvalue weighted by Gasteiger charge is -2.29. The van der Waals surface area contributed by atoms with E-state index in [1.807, 2.05) is 48.5 Å². The number of fused-ring (bicyclic) bond motifs is 1. The van der Waals surface area contributed by atoms with Gasteiger partial charge in [-0.05, 0) is 47.7 Å². The average molecular weight is 418 g/mol. The molecule has 2 heteroatoms. The zero-order chi connectivity index (χ0) is 21.9. The molecule has 1 amide bonds. The van der Waals surface area contributed by atoms with Crippen LogP contribution in [0.3, 0.4) is 0 Å². The van der Waals surface area contributed by atoms with Crippen LogP contribution in [0.15, 0.2) is 97.1 Å². The molecular weight excluding hydrogens is 390 g/mol. The molecule has 158 valence electrons. The minimum Gasteiger partial charge on any atom is -0.330 e. The Balaban J connectivity index is 1.52. The molecule has 0 bridgehead atoms. The van der Waals surface area contributed by atoms with Crippen LogP contribution in [0.25, 0.3) is 0 Å². The Bertz CT molecular complexity index is 1190. The molecule has 1 heterocycles. The number of hydrogen-bond acceptors (Lipinski definition) is 1. The minimum atomic E-state index is 0.0326. The number of likely N-dealkylation sites (tertiary alicyclic amines) is 1. The summed E-state index contributed by atoms with van der Waals surface area (Å²) in [5, 5.41) is 0. The molecule has 2 aliphatic rings. The van der Waals surface area contributed by atoms with Crippen LogP contribution < -0.4 is 0 Å². The number of allylic oxidation sites excluding steroid dienone is 1. The zero-order valence-electron chi connectivity index (χ0n) is 18.3. The average Bonchev–Trinajstić information content (AvgIpc) is 3.11. The molecular formula is C30H27NO. The number of carbonyl (C=O) groups is 1. The van der Waals surface area contributed by atoms with Gasteiger partial charge in [0.1, 0.15) is 0 Å². The first kappa shape index (κ1) is 20.3. The molecule has 2 nitrogen and oxygen atoms in total. The summed E-state index contributed by atoms with van der Waals surface area (Å²) in [5.41, 5.74) is 4.32. The molecule has 0 unspecified atom stereocenters. The maximum Gasteiger partial charge on any atom is 0.227 e. The fourth-order valence-corrected chi connectivity index (χ4v) is 5.17. The second kappa shape index (κ2) is 8.89. The predicted octanol–water partition coefficient (Wildman–Crippen LogP) is 6.00. The van der Waals surface area contributed by atoms with Crippen molar-refractivity contribution in [3.63, 3.8) is 0 Å². The van der Waals surface area contributed by atoms with E-state index >= 15 is 0 Å². The molecule has 3 aromatic carbocycles. The third kappa shape index (κ3) is 3.99. The lowest BCUT2D eigenvalue weighted by Crippen LogP contribution is -2.30. The van der Waals surface area contributed by atoms with E-state index in [1.54, 1.807) is 0 Å². The smallest absolute Gasteiger partial charge is 0.227 e. The van der Waals surface area contributed by atoms with Gasteiger partial charge in [0.05, 0.1) is 6.04 Å². The summed E-state index contributed by atoms with van der Waals surface area (Å²) >= 11 is 0. The van der Waals surface area contributed by atoms with Gasteiger partial charge in [-0.1, -0.05) is 91.6 Å². The fourth-order valence-electron chi connectivity index (χ4n) is 5.17. The van der Waals surface area contributed by atoms with Crippen molar-refractivity contribution in [2.24, 2.45) is 17.8 Å². The summed E-state index contributed by atoms with van der Waals surface area (Å²) in [6.45, 7) is 2.85. The SMILES string of the molecule is C[C@@H]1CC=C[C@@H]2[C@H]1C(=O)N(Cc1ccccc1)[C@H]2c1cccc(C#Cc2ccccc2)c1. The number of hydrogen-bond donors (Lipinski definition) is 0. The maximum atomic E-state index is 13.6. The van der Waals surface area contributed by atoms with Crippen molar-refractivity contribution < 1.29 is 4.79 Å². The van der Waals surface area contributed by atoms with Crippen LogP contribution in [0.2, 0.25) is 0 Å². The van der Waals surface area contributed by atoms with Gasteiger partial charge >= 0.3 is 0 Å². The molecule has 1 aliphatic heterocycles. The molecule has 0 radical (unpaired) electrons. The minimum absolute atomic E-state index is 0.0326. The number of nitrogens with zero attached hydrogens (tertiary/aromatic N) is 1. The van der Waals surface area contributed by atoms with Crippen LogP contribution in [0.1, 0.15) is 41.6 Å². The number of amides is 1. The van der Waals surface area contributed by atoms with Crippen molar-refractivity contribution in [1.29, 1.82) is 0 Å². The van der Waals surface area contributed by atoms with E-state index in [2.05, 4.69) is 72.2 Å². The maximum absolute atomic E-state index is 13.6. The van der Waals surface area contributed by atoms with Crippen molar-refractivity contribution >= 4 is 5.91 Å². The monoisotopic (exact) mass is 417 g/mol. The van der Waals surface area contributed by atoms with Gasteiger partial charge in [0.15, 0.2) is 0 Å². The van der Waals surface area contributed by atoms with Crippen molar-refractivity contribution in [2.45, 2.75) is 25.9 Å². The zero-order valence-corrected chi connectivity index (χ0v) is 18.3. The molecule has 1 aliphatic carbocycles. The quantitative estimate of drug-likeness (QED) is 0.378. The Morgan fingerprint density at radius 1 is 0.875 bits per heavy atom. The molecule has 32 heavy (non-hydrogen) atoms. The van der Waals surface area contributed by atoms with Gasteiger partial charge < -0.3 is 4.90 Å². The van der Waals surface area contributed by atoms with E-state index in [9.17, 15) is 4.79 Å². The first-order valence-electron chi connectivity index (χ1n) is 11.4. The van der Waals surface area contributed by atoms with E-state index in [4.69, 9.17) is 0 Å². The van der Waals surface area contributed by atoms with Crippen LogP contribution >= 0.6 is 0 Å². The number of benzene rings is 3. The van der Waals surface area contributed by atoms with Gasteiger partial charge in [-0.3, -0.25) is 4.79 Å². The Hall–Kier alpha value is -3.57. The largest absolute Gasteiger partial charge is 0.330 e. The molecule has 4 atom stereocenters. The number of carbonyl (C=O) groups excluding carboxylic acids is 1. The summed E-state index contributed by atoms with van der Waals surface area (Å²) < 4.78 is 0. The third-order valence-electron chi connectivity index (χ3n) is 6.71. The molecule has 3 aromatic rings. The third-order valence-corrected chi connectivity index (χ3v) is 6.71. The Morgan fingerprint density at radius 3 is 2.34 bits per heavy atom. The highest BCUT2D eigenvalue weighted by Crippen LogP contribution is 2.48. The van der Waals surface area contributed by atoms with Crippen molar-refractivity contribution in [2.75, 3.05) is 0 Å². The molecule has 0 aromatic heterocycles. The molecule has 0 N–H and O–H groups in total. The lowest BCUT2D eigenvalue weighted by molar-refractivity contribution is -0.134. The van der Waals surface area contributed by atoms with Crippen LogP contribution in [0.4, 0.5) is 0 Å². The standard InChI is InChI=1S/C30H27NO/c1-22-10-8-17-27-28(22)30(32)31(21-25-13-6-3-7-14-25)29(27)26-16-9-15-24(20-26)19-18-23-11-4-2-5-12-23/h2-9,11-17,20,22,27-29H,10,21H2,1H3/t22-,27-,28+,29+/m1/s1. The van der Waals surface area contributed by atoms with Gasteiger partial charge in [0.25, 0.3) is 0 Å². The molecule has 1 fully saturated rings. The van der Waals surface area contributed by atoms with Crippen LogP contribution in [0, 0.1) is 29.6 Å². The predicted molar refractivity (Wildman–Crippen MR) is 128 cm³/mol. The van der Waals surface area contributed by atoms with Crippen LogP contribution in [-0.2, 0) is 11.3 Å². The first-order valence-corrected chi connectivity index (χ1v) is 11.4. The molecule has 5 rings (SSSR count). The van der Waals surface area contributed by atoms with Crippen LogP contribution in [0.5, 0.6) is 0 Å². The molecule has 0 saturated carbocycles. The highest BCUT2D eigenvalue weighted by atomic mass is 16.2. The van der Waals surface area contributed by atoms with Gasteiger partial charge in [0, 0.05) is 29.5 Å². The van der Waals surface area contributed by atoms with Crippen molar-refractivity contribution in [3.05, 3.63) is 119 Å². The van der Waals surface area contributed by atoms with Gasteiger partial charge in [-0.2, -0.15) is 0 Å². The van der Waals surface area contributed by atoms with Gasteiger partial charge in [0.2, 0.25) is 5.91 Å². The van der Waals surface area contributed by atoms with E-state index in [-0.39, 0.29) is 23.8 Å². The van der Waals surface area contributed by atoms with E-state index in [0.717, 1.165) is 17.5 Å². The summed E-state index contributed by atoms with van der Waals surface area (Å²) in [6, 6.07) is 28.8. The fraction of sp³-hybridized carbons (Fsp3) is 0.233. The Kier molecular flexibility index (Phi) is 5.65. The Morgan fingerprint density at radius 2 is 1.56 bits per heavy atom. The van der Waals surface area contributed by atoms with Gasteiger partial charge in [-0.25, -0.2) is 0 Å². The van der Waals surface area contributed by atoms with Crippen LogP contribution in [-0.4, -0.2) is 10.8 Å². The first-order chi connectivity index (χ1) is 15.7. The summed E-state index contributed by atoms with van der Waals surface area (Å²) in [5.74, 6) is 7.46. The summed E-state index contributed by atoms with van der Waals surface area (Å²) in [4.78, 5) is 15.7. The topological polar surface area (TPSA) is 20.3 Å². The van der Waals surface area contributed by atoms with Crippen molar-refractivity contribution in [1.82, 2.24) is 4.90 Å². The highest BCUT2D eigenvalue weighted by molar-refractivity contribution is 5.83. The van der Waals surface area contributed by atoms with Gasteiger partial charge in [-0.15, -0.1) is 0 Å². The second-order valence-electron chi connectivity index (χ2n) is 8.88. The van der Waals surface area contributed by atoms with E-state index in [1.165, 1.54) is 11.1 Å². The summed E-state index contributed by atoms with van der Waals surface area (Å²) in [7, 11) is 0. The highest BCUT2D eigenvalue weighted by Gasteiger charge is 2.50. The van der Waals surface area contributed by atoms with Crippen molar-refractivity contribution in [3.8, 4) is 11.8 Å². The van der Waals surface area contributed by atoms with E-state index < -0.39 is 0 Å². The molecule has 1 saturated heterocycles. The molecule has 0 spiro atoms.